The zero-order valence-electron chi connectivity index (χ0n) is 16.1. The summed E-state index contributed by atoms with van der Waals surface area (Å²) in [6.45, 7) is 2.20. The molecule has 0 radical (unpaired) electrons. The van der Waals surface area contributed by atoms with Crippen LogP contribution in [-0.4, -0.2) is 32.3 Å². The second-order valence-corrected chi connectivity index (χ2v) is 10.1. The third kappa shape index (κ3) is 4.10. The Hall–Kier alpha value is -2.17. The summed E-state index contributed by atoms with van der Waals surface area (Å²) in [5, 5.41) is 14.5. The largest absolute Gasteiger partial charge is 0.365 e. The van der Waals surface area contributed by atoms with Gasteiger partial charge in [-0.2, -0.15) is 0 Å². The van der Waals surface area contributed by atoms with E-state index >= 15 is 0 Å². The molecule has 1 aliphatic rings. The van der Waals surface area contributed by atoms with Gasteiger partial charge in [-0.05, 0) is 42.2 Å². The first-order valence-electron chi connectivity index (χ1n) is 9.24. The van der Waals surface area contributed by atoms with Gasteiger partial charge < -0.3 is 15.6 Å². The summed E-state index contributed by atoms with van der Waals surface area (Å²) in [6.07, 6.45) is 2.79. The van der Waals surface area contributed by atoms with Crippen molar-refractivity contribution in [3.63, 3.8) is 0 Å². The number of aromatic nitrogens is 3. The van der Waals surface area contributed by atoms with Gasteiger partial charge in [0.25, 0.3) is 5.91 Å². The lowest BCUT2D eigenvalue weighted by Crippen LogP contribution is -2.20. The molecule has 0 aliphatic heterocycles. The maximum Gasteiger partial charge on any atom is 0.251 e. The van der Waals surface area contributed by atoms with Crippen LogP contribution in [0.3, 0.4) is 0 Å². The van der Waals surface area contributed by atoms with E-state index < -0.39 is 5.91 Å². The summed E-state index contributed by atoms with van der Waals surface area (Å²) in [4.78, 5) is 26.8. The van der Waals surface area contributed by atoms with Gasteiger partial charge in [-0.15, -0.1) is 32.9 Å². The van der Waals surface area contributed by atoms with E-state index in [-0.39, 0.29) is 11.7 Å². The maximum atomic E-state index is 12.6. The Morgan fingerprint density at radius 2 is 2.24 bits per heavy atom. The number of amides is 2. The van der Waals surface area contributed by atoms with Crippen LogP contribution in [-0.2, 0) is 24.7 Å². The quantitative estimate of drug-likeness (QED) is 0.563. The molecule has 3 aromatic heterocycles. The molecule has 1 atom stereocenters. The predicted octanol–water partition coefficient (Wildman–Crippen LogP) is 3.56. The number of rotatable bonds is 6. The lowest BCUT2D eigenvalue weighted by Gasteiger charge is -2.18. The molecule has 10 heteroatoms. The van der Waals surface area contributed by atoms with E-state index in [0.717, 1.165) is 40.4 Å². The fraction of sp³-hybridized carbons (Fsp3) is 0.368. The minimum Gasteiger partial charge on any atom is -0.365 e. The first-order valence-corrected chi connectivity index (χ1v) is 11.9. The number of nitrogens with two attached hydrogens (primary N) is 1. The Balaban J connectivity index is 1.45. The summed E-state index contributed by atoms with van der Waals surface area (Å²) in [5.41, 5.74) is 7.11. The van der Waals surface area contributed by atoms with E-state index in [1.165, 1.54) is 23.1 Å². The number of anilines is 1. The molecular formula is C19H21N5O2S3. The highest BCUT2D eigenvalue weighted by atomic mass is 32.2. The van der Waals surface area contributed by atoms with Crippen LogP contribution in [0.2, 0.25) is 0 Å². The average Bonchev–Trinajstić information content (AvgIpc) is 3.38. The summed E-state index contributed by atoms with van der Waals surface area (Å²) >= 11 is 4.38. The number of thiophene rings is 2. The Kier molecular flexibility index (Phi) is 5.75. The van der Waals surface area contributed by atoms with Crippen molar-refractivity contribution in [3.8, 4) is 10.7 Å². The van der Waals surface area contributed by atoms with Crippen LogP contribution in [0.5, 0.6) is 0 Å². The Bertz CT molecular complexity index is 1050. The number of fused-ring (bicyclic) bond motifs is 1. The molecule has 152 valence electrons. The molecular weight excluding hydrogens is 426 g/mol. The smallest absolute Gasteiger partial charge is 0.251 e. The summed E-state index contributed by atoms with van der Waals surface area (Å²) in [7, 11) is 1.88. The van der Waals surface area contributed by atoms with Gasteiger partial charge in [0.15, 0.2) is 11.0 Å². The number of nitrogens with zero attached hydrogens (tertiary/aromatic N) is 3. The lowest BCUT2D eigenvalue weighted by molar-refractivity contribution is -0.113. The van der Waals surface area contributed by atoms with Crippen molar-refractivity contribution in [2.24, 2.45) is 18.7 Å². The molecule has 29 heavy (non-hydrogen) atoms. The molecule has 2 amide bonds. The van der Waals surface area contributed by atoms with Gasteiger partial charge in [-0.1, -0.05) is 24.8 Å². The number of hydrogen-bond acceptors (Lipinski definition) is 7. The third-order valence-electron chi connectivity index (χ3n) is 4.92. The molecule has 7 nitrogen and oxygen atoms in total. The van der Waals surface area contributed by atoms with E-state index in [0.29, 0.717) is 21.6 Å². The topological polar surface area (TPSA) is 103 Å². The van der Waals surface area contributed by atoms with Crippen molar-refractivity contribution >= 4 is 51.3 Å². The van der Waals surface area contributed by atoms with Gasteiger partial charge in [0.05, 0.1) is 16.2 Å². The van der Waals surface area contributed by atoms with Crippen molar-refractivity contribution in [3.05, 3.63) is 33.5 Å². The van der Waals surface area contributed by atoms with Gasteiger partial charge in [-0.3, -0.25) is 9.59 Å². The van der Waals surface area contributed by atoms with Gasteiger partial charge in [0, 0.05) is 11.9 Å². The highest BCUT2D eigenvalue weighted by Gasteiger charge is 2.27. The lowest BCUT2D eigenvalue weighted by atomic mass is 9.88. The molecule has 3 heterocycles. The van der Waals surface area contributed by atoms with Crippen LogP contribution >= 0.6 is 34.4 Å². The Morgan fingerprint density at radius 3 is 2.97 bits per heavy atom. The number of hydrogen-bond donors (Lipinski definition) is 2. The molecule has 0 saturated carbocycles. The van der Waals surface area contributed by atoms with Gasteiger partial charge in [0.1, 0.15) is 5.00 Å². The second kappa shape index (κ2) is 8.29. The third-order valence-corrected chi connectivity index (χ3v) is 7.98. The summed E-state index contributed by atoms with van der Waals surface area (Å²) in [6, 6.07) is 3.95. The van der Waals surface area contributed by atoms with E-state index in [1.807, 2.05) is 29.1 Å². The fourth-order valence-corrected chi connectivity index (χ4v) is 6.34. The Labute approximate surface area is 180 Å². The van der Waals surface area contributed by atoms with Crippen molar-refractivity contribution < 1.29 is 9.59 Å². The first-order chi connectivity index (χ1) is 13.9. The Morgan fingerprint density at radius 1 is 1.41 bits per heavy atom. The van der Waals surface area contributed by atoms with E-state index in [4.69, 9.17) is 5.73 Å². The monoisotopic (exact) mass is 447 g/mol. The highest BCUT2D eigenvalue weighted by molar-refractivity contribution is 7.99. The summed E-state index contributed by atoms with van der Waals surface area (Å²) in [5.74, 6) is 0.861. The zero-order chi connectivity index (χ0) is 20.5. The fourth-order valence-electron chi connectivity index (χ4n) is 3.45. The van der Waals surface area contributed by atoms with Crippen LogP contribution in [0.25, 0.3) is 10.7 Å². The number of carbonyl (C=O) groups is 2. The minimum absolute atomic E-state index is 0.174. The number of carbonyl (C=O) groups excluding carboxylic acids is 2. The average molecular weight is 448 g/mol. The number of thioether (sulfide) groups is 1. The van der Waals surface area contributed by atoms with Crippen molar-refractivity contribution in [1.82, 2.24) is 14.8 Å². The molecule has 0 fully saturated rings. The molecule has 0 aromatic carbocycles. The van der Waals surface area contributed by atoms with E-state index in [9.17, 15) is 9.59 Å². The van der Waals surface area contributed by atoms with Crippen molar-refractivity contribution in [2.75, 3.05) is 11.1 Å². The highest BCUT2D eigenvalue weighted by Crippen LogP contribution is 2.39. The number of primary amides is 1. The normalized spacial score (nSPS) is 15.9. The molecule has 0 saturated heterocycles. The van der Waals surface area contributed by atoms with Gasteiger partial charge in [-0.25, -0.2) is 0 Å². The molecule has 0 bridgehead atoms. The molecule has 1 unspecified atom stereocenters. The maximum absolute atomic E-state index is 12.6. The molecule has 3 N–H and O–H groups in total. The van der Waals surface area contributed by atoms with E-state index in [1.54, 1.807) is 11.3 Å². The van der Waals surface area contributed by atoms with Crippen LogP contribution < -0.4 is 11.1 Å². The van der Waals surface area contributed by atoms with Crippen LogP contribution in [0.1, 0.15) is 34.1 Å². The van der Waals surface area contributed by atoms with Gasteiger partial charge >= 0.3 is 0 Å². The second-order valence-electron chi connectivity index (χ2n) is 7.10. The van der Waals surface area contributed by atoms with E-state index in [2.05, 4.69) is 22.4 Å². The standard InChI is InChI=1S/C19H21N5O2S3/c1-10-5-6-11-13(8-10)29-18(15(11)16(20)26)21-14(25)9-28-19-23-22-17(24(19)2)12-4-3-7-27-12/h3-4,7,10H,5-6,8-9H2,1-2H3,(H2,20,26)(H,21,25). The van der Waals surface area contributed by atoms with Gasteiger partial charge in [0.2, 0.25) is 5.91 Å². The van der Waals surface area contributed by atoms with Crippen LogP contribution in [0, 0.1) is 5.92 Å². The molecule has 1 aliphatic carbocycles. The molecule has 0 spiro atoms. The SMILES string of the molecule is CC1CCc2c(sc(NC(=O)CSc3nnc(-c4cccs4)n3C)c2C(N)=O)C1. The minimum atomic E-state index is -0.478. The predicted molar refractivity (Wildman–Crippen MR) is 118 cm³/mol. The first kappa shape index (κ1) is 20.1. The van der Waals surface area contributed by atoms with Crippen molar-refractivity contribution in [1.29, 1.82) is 0 Å². The van der Waals surface area contributed by atoms with Crippen molar-refractivity contribution in [2.45, 2.75) is 31.3 Å². The zero-order valence-corrected chi connectivity index (χ0v) is 18.5. The molecule has 4 rings (SSSR count). The number of nitrogens with one attached hydrogen (secondary N) is 1. The van der Waals surface area contributed by atoms with Crippen LogP contribution in [0.15, 0.2) is 22.7 Å². The van der Waals surface area contributed by atoms with Crippen LogP contribution in [0.4, 0.5) is 5.00 Å². The molecule has 3 aromatic rings. The summed E-state index contributed by atoms with van der Waals surface area (Å²) < 4.78 is 1.88.